The molecule has 0 saturated heterocycles. The molecule has 3 aromatic rings. The second-order valence-electron chi connectivity index (χ2n) is 5.77. The van der Waals surface area contributed by atoms with Crippen LogP contribution in [0.5, 0.6) is 0 Å². The molecule has 0 atom stereocenters. The van der Waals surface area contributed by atoms with Crippen LogP contribution in [0.25, 0.3) is 11.3 Å². The van der Waals surface area contributed by atoms with E-state index in [1.54, 1.807) is 23.5 Å². The highest BCUT2D eigenvalue weighted by Gasteiger charge is 2.24. The molecule has 0 saturated carbocycles. The topological polar surface area (TPSA) is 59.8 Å². The molecule has 2 aromatic heterocycles. The number of carbonyl (C=O) groups excluding carboxylic acids is 1. The number of aryl methyl sites for hydroxylation is 2. The van der Waals surface area contributed by atoms with Crippen LogP contribution in [0.4, 0.5) is 5.13 Å². The Morgan fingerprint density at radius 1 is 1.33 bits per heavy atom. The number of thiazole rings is 1. The number of amides is 1. The van der Waals surface area contributed by atoms with Crippen molar-refractivity contribution in [3.63, 3.8) is 0 Å². The normalized spacial score (nSPS) is 12.6. The van der Waals surface area contributed by atoms with E-state index < -0.39 is 0 Å². The second-order valence-corrected chi connectivity index (χ2v) is 7.29. The maximum atomic E-state index is 12.2. The summed E-state index contributed by atoms with van der Waals surface area (Å²) in [6.45, 7) is 0. The average Bonchev–Trinajstić information content (AvgIpc) is 3.12. The number of halogens is 1. The summed E-state index contributed by atoms with van der Waals surface area (Å²) in [7, 11) is 1.95. The Morgan fingerprint density at radius 2 is 2.12 bits per heavy atom. The maximum absolute atomic E-state index is 12.2. The molecule has 0 aliphatic heterocycles. The number of hydrogen-bond donors (Lipinski definition) is 1. The Morgan fingerprint density at radius 3 is 2.92 bits per heavy atom. The van der Waals surface area contributed by atoms with Crippen molar-refractivity contribution < 1.29 is 4.79 Å². The van der Waals surface area contributed by atoms with Crippen LogP contribution in [0.15, 0.2) is 30.5 Å². The van der Waals surface area contributed by atoms with Gasteiger partial charge >= 0.3 is 0 Å². The first-order chi connectivity index (χ1) is 11.6. The first kappa shape index (κ1) is 15.4. The molecule has 7 heteroatoms. The molecule has 0 unspecified atom stereocenters. The number of hydrogen-bond acceptors (Lipinski definition) is 4. The Kier molecular flexibility index (Phi) is 3.86. The molecule has 4 rings (SSSR count). The molecule has 1 aliphatic rings. The van der Waals surface area contributed by atoms with Gasteiger partial charge in [-0.25, -0.2) is 4.98 Å². The minimum atomic E-state index is -0.0742. The third-order valence-electron chi connectivity index (χ3n) is 4.13. The van der Waals surface area contributed by atoms with E-state index in [1.807, 2.05) is 30.1 Å². The quantitative estimate of drug-likeness (QED) is 0.779. The van der Waals surface area contributed by atoms with Crippen molar-refractivity contribution in [3.8, 4) is 11.3 Å². The highest BCUT2D eigenvalue weighted by atomic mass is 35.5. The lowest BCUT2D eigenvalue weighted by Gasteiger charge is -2.10. The van der Waals surface area contributed by atoms with Crippen LogP contribution in [0.3, 0.4) is 0 Å². The lowest BCUT2D eigenvalue weighted by molar-refractivity contribution is -0.115. The molecule has 1 N–H and O–H groups in total. The molecular formula is C17H15ClN4OS. The van der Waals surface area contributed by atoms with Crippen LogP contribution in [0.1, 0.15) is 16.1 Å². The van der Waals surface area contributed by atoms with Gasteiger partial charge in [0.1, 0.15) is 0 Å². The van der Waals surface area contributed by atoms with Crippen molar-refractivity contribution in [2.24, 2.45) is 7.05 Å². The first-order valence-electron chi connectivity index (χ1n) is 7.65. The molecule has 1 aromatic carbocycles. The number of benzene rings is 1. The zero-order chi connectivity index (χ0) is 16.7. The molecule has 2 heterocycles. The Labute approximate surface area is 148 Å². The van der Waals surface area contributed by atoms with Crippen LogP contribution in [-0.2, 0) is 31.1 Å². The maximum Gasteiger partial charge on any atom is 0.230 e. The number of carbonyl (C=O) groups is 1. The van der Waals surface area contributed by atoms with Gasteiger partial charge < -0.3 is 5.32 Å². The molecule has 1 amide bonds. The van der Waals surface area contributed by atoms with Gasteiger partial charge in [0.2, 0.25) is 5.91 Å². The molecule has 0 radical (unpaired) electrons. The fourth-order valence-electron chi connectivity index (χ4n) is 2.93. The summed E-state index contributed by atoms with van der Waals surface area (Å²) < 4.78 is 1.90. The Bertz CT molecular complexity index is 913. The van der Waals surface area contributed by atoms with E-state index in [0.29, 0.717) is 16.6 Å². The number of fused-ring (bicyclic) bond motifs is 3. The fraction of sp³-hybridized carbons (Fsp3) is 0.235. The molecule has 24 heavy (non-hydrogen) atoms. The van der Waals surface area contributed by atoms with Crippen molar-refractivity contribution in [2.75, 3.05) is 5.32 Å². The van der Waals surface area contributed by atoms with Crippen molar-refractivity contribution in [1.29, 1.82) is 0 Å². The van der Waals surface area contributed by atoms with Gasteiger partial charge in [0.05, 0.1) is 18.3 Å². The van der Waals surface area contributed by atoms with Crippen LogP contribution in [0, 0.1) is 0 Å². The zero-order valence-corrected chi connectivity index (χ0v) is 14.6. The third kappa shape index (κ3) is 2.83. The SMILES string of the molecule is Cn1ncc2c1CCc1sc(NC(=O)Cc3ccc(Cl)cc3)nc1-2. The summed E-state index contributed by atoms with van der Waals surface area (Å²) in [5.74, 6) is -0.0742. The molecule has 122 valence electrons. The lowest BCUT2D eigenvalue weighted by Crippen LogP contribution is -2.14. The summed E-state index contributed by atoms with van der Waals surface area (Å²) in [5.41, 5.74) is 4.16. The van der Waals surface area contributed by atoms with E-state index in [2.05, 4.69) is 15.4 Å². The smallest absolute Gasteiger partial charge is 0.230 e. The van der Waals surface area contributed by atoms with Crippen LogP contribution in [-0.4, -0.2) is 20.7 Å². The highest BCUT2D eigenvalue weighted by molar-refractivity contribution is 7.16. The second kappa shape index (κ2) is 6.03. The highest BCUT2D eigenvalue weighted by Crippen LogP contribution is 2.37. The molecule has 5 nitrogen and oxygen atoms in total. The Balaban J connectivity index is 1.51. The Hall–Kier alpha value is -2.18. The summed E-state index contributed by atoms with van der Waals surface area (Å²) in [4.78, 5) is 18.1. The van der Waals surface area contributed by atoms with E-state index >= 15 is 0 Å². The molecule has 0 fully saturated rings. The van der Waals surface area contributed by atoms with Crippen LogP contribution < -0.4 is 5.32 Å². The number of anilines is 1. The van der Waals surface area contributed by atoms with E-state index in [4.69, 9.17) is 11.6 Å². The molecule has 0 spiro atoms. The van der Waals surface area contributed by atoms with Gasteiger partial charge in [-0.05, 0) is 30.5 Å². The number of nitrogens with zero attached hydrogens (tertiary/aromatic N) is 3. The van der Waals surface area contributed by atoms with Crippen molar-refractivity contribution in [3.05, 3.63) is 51.6 Å². The molecule has 0 bridgehead atoms. The third-order valence-corrected chi connectivity index (χ3v) is 5.41. The largest absolute Gasteiger partial charge is 0.302 e. The van der Waals surface area contributed by atoms with Crippen molar-refractivity contribution >= 4 is 34.0 Å². The lowest BCUT2D eigenvalue weighted by atomic mass is 10.0. The monoisotopic (exact) mass is 358 g/mol. The molecular weight excluding hydrogens is 344 g/mol. The number of nitrogens with one attached hydrogen (secondary N) is 1. The van der Waals surface area contributed by atoms with Gasteiger partial charge in [0.25, 0.3) is 0 Å². The first-order valence-corrected chi connectivity index (χ1v) is 8.85. The minimum Gasteiger partial charge on any atom is -0.302 e. The van der Waals surface area contributed by atoms with Crippen molar-refractivity contribution in [2.45, 2.75) is 19.3 Å². The summed E-state index contributed by atoms with van der Waals surface area (Å²) in [5, 5.41) is 8.54. The average molecular weight is 359 g/mol. The van der Waals surface area contributed by atoms with Crippen LogP contribution >= 0.6 is 22.9 Å². The summed E-state index contributed by atoms with van der Waals surface area (Å²) in [6, 6.07) is 7.29. The number of aromatic nitrogens is 3. The van der Waals surface area contributed by atoms with E-state index in [1.165, 1.54) is 10.6 Å². The van der Waals surface area contributed by atoms with E-state index in [-0.39, 0.29) is 5.91 Å². The zero-order valence-electron chi connectivity index (χ0n) is 13.0. The van der Waals surface area contributed by atoms with E-state index in [9.17, 15) is 4.79 Å². The predicted molar refractivity (Wildman–Crippen MR) is 95.5 cm³/mol. The van der Waals surface area contributed by atoms with Gasteiger partial charge in [-0.2, -0.15) is 5.10 Å². The van der Waals surface area contributed by atoms with Gasteiger partial charge in [-0.1, -0.05) is 23.7 Å². The standard InChI is InChI=1S/C17H15ClN4OS/c1-22-13-6-7-14-16(12(13)9-19-22)21-17(24-14)20-15(23)8-10-2-4-11(18)5-3-10/h2-5,9H,6-8H2,1H3,(H,20,21,23). The summed E-state index contributed by atoms with van der Waals surface area (Å²) >= 11 is 7.41. The van der Waals surface area contributed by atoms with E-state index in [0.717, 1.165) is 29.7 Å². The van der Waals surface area contributed by atoms with Gasteiger partial charge in [-0.3, -0.25) is 9.48 Å². The fourth-order valence-corrected chi connectivity index (χ4v) is 4.04. The van der Waals surface area contributed by atoms with Gasteiger partial charge in [0, 0.05) is 28.2 Å². The van der Waals surface area contributed by atoms with Crippen LogP contribution in [0.2, 0.25) is 5.02 Å². The van der Waals surface area contributed by atoms with Gasteiger partial charge in [-0.15, -0.1) is 11.3 Å². The number of rotatable bonds is 3. The van der Waals surface area contributed by atoms with Crippen molar-refractivity contribution in [1.82, 2.24) is 14.8 Å². The summed E-state index contributed by atoms with van der Waals surface area (Å²) in [6.07, 6.45) is 4.05. The molecule has 1 aliphatic carbocycles. The minimum absolute atomic E-state index is 0.0742. The van der Waals surface area contributed by atoms with Gasteiger partial charge in [0.15, 0.2) is 5.13 Å². The predicted octanol–water partition coefficient (Wildman–Crippen LogP) is 3.48.